The Hall–Kier alpha value is -6.90. The van der Waals surface area contributed by atoms with E-state index in [9.17, 15) is 0 Å². The zero-order valence-electron chi connectivity index (χ0n) is 30.1. The zero-order valence-corrected chi connectivity index (χ0v) is 30.1. The summed E-state index contributed by atoms with van der Waals surface area (Å²) in [6.45, 7) is 0. The molecule has 2 heteroatoms. The highest BCUT2D eigenvalue weighted by molar-refractivity contribution is 5.95. The molecule has 0 saturated heterocycles. The van der Waals surface area contributed by atoms with Crippen LogP contribution in [0.1, 0.15) is 44.5 Å². The van der Waals surface area contributed by atoms with E-state index in [0.29, 0.717) is 0 Å². The van der Waals surface area contributed by atoms with Crippen molar-refractivity contribution in [1.29, 1.82) is 0 Å². The van der Waals surface area contributed by atoms with E-state index in [2.05, 4.69) is 182 Å². The number of rotatable bonds is 3. The maximum atomic E-state index is 5.45. The molecule has 0 unspecified atom stereocenters. The van der Waals surface area contributed by atoms with Crippen molar-refractivity contribution in [2.45, 2.75) is 18.3 Å². The molecule has 0 atom stereocenters. The lowest BCUT2D eigenvalue weighted by atomic mass is 9.61. The summed E-state index contributed by atoms with van der Waals surface area (Å²) in [5, 5.41) is 1.05. The highest BCUT2D eigenvalue weighted by Gasteiger charge is 2.49. The van der Waals surface area contributed by atoms with Gasteiger partial charge in [-0.3, -0.25) is 0 Å². The van der Waals surface area contributed by atoms with Gasteiger partial charge in [0, 0.05) is 16.5 Å². The van der Waals surface area contributed by atoms with Gasteiger partial charge in [0.25, 0.3) is 0 Å². The molecule has 256 valence electrons. The molecular weight excluding hydrogens is 665 g/mol. The quantitative estimate of drug-likeness (QED) is 0.184. The van der Waals surface area contributed by atoms with Gasteiger partial charge < -0.3 is 0 Å². The highest BCUT2D eigenvalue weighted by atomic mass is 14.9. The first-order valence-electron chi connectivity index (χ1n) is 19.2. The van der Waals surface area contributed by atoms with Gasteiger partial charge in [-0.2, -0.15) is 0 Å². The number of benzene rings is 8. The molecule has 3 aliphatic rings. The average Bonchev–Trinajstić information content (AvgIpc) is 3.77. The summed E-state index contributed by atoms with van der Waals surface area (Å²) in [5.74, 6) is 0.736. The second-order valence-corrected chi connectivity index (χ2v) is 15.2. The van der Waals surface area contributed by atoms with Gasteiger partial charge in [0.05, 0.1) is 16.6 Å². The van der Waals surface area contributed by atoms with Crippen LogP contribution >= 0.6 is 0 Å². The smallest absolute Gasteiger partial charge is 0.160 e. The monoisotopic (exact) mass is 698 g/mol. The van der Waals surface area contributed by atoms with Crippen LogP contribution in [0.5, 0.6) is 0 Å². The number of aromatic nitrogens is 2. The molecule has 12 rings (SSSR count). The molecule has 55 heavy (non-hydrogen) atoms. The molecule has 0 bridgehead atoms. The van der Waals surface area contributed by atoms with Crippen molar-refractivity contribution in [3.05, 3.63) is 226 Å². The highest BCUT2D eigenvalue weighted by Crippen LogP contribution is 2.59. The van der Waals surface area contributed by atoms with Gasteiger partial charge >= 0.3 is 0 Å². The molecule has 0 amide bonds. The third-order valence-electron chi connectivity index (χ3n) is 12.4. The van der Waals surface area contributed by atoms with Crippen LogP contribution in [0.3, 0.4) is 0 Å². The van der Waals surface area contributed by atoms with Crippen LogP contribution in [0.2, 0.25) is 0 Å². The SMILES string of the molecule is c1cc(-c2ccc3c(c2)-c2ccccc2C3)cc(-c2nc(-c3ccc4c(c3)C3(c5ccccc5Cc5ccccc53)c3ccccc3-4)nc3ccccc23)c1. The fraction of sp³-hybridized carbons (Fsp3) is 0.0566. The largest absolute Gasteiger partial charge is 0.228 e. The van der Waals surface area contributed by atoms with Gasteiger partial charge in [0.2, 0.25) is 0 Å². The molecule has 0 aliphatic heterocycles. The van der Waals surface area contributed by atoms with Gasteiger partial charge in [0.15, 0.2) is 5.82 Å². The topological polar surface area (TPSA) is 25.8 Å². The summed E-state index contributed by atoms with van der Waals surface area (Å²) >= 11 is 0. The van der Waals surface area contributed by atoms with Crippen LogP contribution in [-0.4, -0.2) is 9.97 Å². The van der Waals surface area contributed by atoms with Crippen molar-refractivity contribution in [3.8, 4) is 56.0 Å². The molecule has 0 N–H and O–H groups in total. The molecule has 1 heterocycles. The fourth-order valence-electron chi connectivity index (χ4n) is 10.0. The van der Waals surface area contributed by atoms with Crippen LogP contribution in [0.4, 0.5) is 0 Å². The van der Waals surface area contributed by atoms with Gasteiger partial charge in [-0.25, -0.2) is 9.97 Å². The van der Waals surface area contributed by atoms with E-state index >= 15 is 0 Å². The Bertz CT molecular complexity index is 3020. The van der Waals surface area contributed by atoms with Crippen molar-refractivity contribution in [1.82, 2.24) is 9.97 Å². The molecule has 0 saturated carbocycles. The van der Waals surface area contributed by atoms with Crippen molar-refractivity contribution in [2.75, 3.05) is 0 Å². The van der Waals surface area contributed by atoms with Crippen molar-refractivity contribution >= 4 is 10.9 Å². The second kappa shape index (κ2) is 11.5. The summed E-state index contributed by atoms with van der Waals surface area (Å²) in [4.78, 5) is 10.7. The number of para-hydroxylation sites is 1. The minimum absolute atomic E-state index is 0.433. The molecule has 1 aromatic heterocycles. The number of hydrogen-bond donors (Lipinski definition) is 0. The molecular formula is C53H34N2. The standard InChI is InChI=1S/C53H34N2/c1-4-17-41-35(12-1)29-36-25-24-34(31-45(36)41)33-15-11-16-39(28-33)51-44-19-6-10-23-50(44)54-52(55-51)40-26-27-43-42-18-5-9-22-48(42)53(49(43)32-40)46-20-7-2-13-37(46)30-38-14-3-8-21-47(38)53/h1-28,31-32H,29-30H2. The first kappa shape index (κ1) is 30.6. The zero-order chi connectivity index (χ0) is 36.1. The average molecular weight is 699 g/mol. The Morgan fingerprint density at radius 2 is 0.945 bits per heavy atom. The maximum Gasteiger partial charge on any atom is 0.160 e. The minimum Gasteiger partial charge on any atom is -0.228 e. The fourth-order valence-corrected chi connectivity index (χ4v) is 10.0. The van der Waals surface area contributed by atoms with Gasteiger partial charge in [-0.15, -0.1) is 0 Å². The van der Waals surface area contributed by atoms with Crippen molar-refractivity contribution in [3.63, 3.8) is 0 Å². The third-order valence-corrected chi connectivity index (χ3v) is 12.4. The molecule has 3 aliphatic carbocycles. The van der Waals surface area contributed by atoms with Crippen LogP contribution in [0.15, 0.2) is 182 Å². The third kappa shape index (κ3) is 4.37. The lowest BCUT2D eigenvalue weighted by molar-refractivity contribution is 0.722. The summed E-state index contributed by atoms with van der Waals surface area (Å²) in [6, 6.07) is 67.0. The number of nitrogens with zero attached hydrogens (tertiary/aromatic N) is 2. The van der Waals surface area contributed by atoms with E-state index in [-0.39, 0.29) is 0 Å². The predicted octanol–water partition coefficient (Wildman–Crippen LogP) is 12.5. The molecule has 8 aromatic carbocycles. The predicted molar refractivity (Wildman–Crippen MR) is 224 cm³/mol. The number of fused-ring (bicyclic) bond motifs is 13. The van der Waals surface area contributed by atoms with E-state index < -0.39 is 5.41 Å². The Morgan fingerprint density at radius 1 is 0.345 bits per heavy atom. The van der Waals surface area contributed by atoms with Crippen LogP contribution in [0.25, 0.3) is 66.9 Å². The first-order valence-corrected chi connectivity index (χ1v) is 19.2. The van der Waals surface area contributed by atoms with Crippen LogP contribution in [0, 0.1) is 0 Å². The van der Waals surface area contributed by atoms with E-state index in [1.54, 1.807) is 0 Å². The van der Waals surface area contributed by atoms with E-state index in [1.165, 1.54) is 77.9 Å². The number of hydrogen-bond acceptors (Lipinski definition) is 2. The minimum atomic E-state index is -0.433. The van der Waals surface area contributed by atoms with Crippen LogP contribution < -0.4 is 0 Å². The maximum absolute atomic E-state index is 5.45. The molecule has 2 nitrogen and oxygen atoms in total. The lowest BCUT2D eigenvalue weighted by Crippen LogP contribution is -2.34. The Labute approximate surface area is 320 Å². The van der Waals surface area contributed by atoms with Gasteiger partial charge in [-0.1, -0.05) is 158 Å². The molecule has 1 spiro atoms. The molecule has 9 aromatic rings. The van der Waals surface area contributed by atoms with E-state index in [1.807, 2.05) is 0 Å². The first-order chi connectivity index (χ1) is 27.2. The Morgan fingerprint density at radius 3 is 1.78 bits per heavy atom. The summed E-state index contributed by atoms with van der Waals surface area (Å²) < 4.78 is 0. The van der Waals surface area contributed by atoms with E-state index in [0.717, 1.165) is 46.4 Å². The van der Waals surface area contributed by atoms with Crippen molar-refractivity contribution in [2.24, 2.45) is 0 Å². The Balaban J connectivity index is 1.04. The Kier molecular flexibility index (Phi) is 6.41. The van der Waals surface area contributed by atoms with E-state index in [4.69, 9.17) is 9.97 Å². The van der Waals surface area contributed by atoms with Gasteiger partial charge in [-0.05, 0) is 115 Å². The second-order valence-electron chi connectivity index (χ2n) is 15.2. The lowest BCUT2D eigenvalue weighted by Gasteiger charge is -2.40. The van der Waals surface area contributed by atoms with Gasteiger partial charge in [0.1, 0.15) is 0 Å². The summed E-state index contributed by atoms with van der Waals surface area (Å²) in [6.07, 6.45) is 1.93. The normalized spacial score (nSPS) is 13.8. The molecule has 0 fully saturated rings. The molecule has 0 radical (unpaired) electrons. The van der Waals surface area contributed by atoms with Crippen LogP contribution in [-0.2, 0) is 18.3 Å². The van der Waals surface area contributed by atoms with Crippen molar-refractivity contribution < 1.29 is 0 Å². The summed E-state index contributed by atoms with van der Waals surface area (Å²) in [5.41, 5.74) is 22.1. The summed E-state index contributed by atoms with van der Waals surface area (Å²) in [7, 11) is 0.